The lowest BCUT2D eigenvalue weighted by Crippen LogP contribution is -2.53. The smallest absolute Gasteiger partial charge is 0.435 e. The van der Waals surface area contributed by atoms with Crippen molar-refractivity contribution in [3.05, 3.63) is 35.4 Å². The lowest BCUT2D eigenvalue weighted by atomic mass is 10.0. The van der Waals surface area contributed by atoms with Gasteiger partial charge in [-0.3, -0.25) is 19.7 Å². The van der Waals surface area contributed by atoms with Crippen LogP contribution in [-0.4, -0.2) is 73.0 Å². The summed E-state index contributed by atoms with van der Waals surface area (Å²) in [7, 11) is 0. The van der Waals surface area contributed by atoms with Crippen LogP contribution in [0.5, 0.6) is 0 Å². The first kappa shape index (κ1) is 33.7. The minimum Gasteiger partial charge on any atom is -0.465 e. The van der Waals surface area contributed by atoms with Gasteiger partial charge >= 0.3 is 12.1 Å². The van der Waals surface area contributed by atoms with Crippen molar-refractivity contribution in [1.82, 2.24) is 15.5 Å². The lowest BCUT2D eigenvalue weighted by Gasteiger charge is -2.29. The number of nitrogens with one attached hydrogen (secondary N) is 2. The molecule has 11 heteroatoms. The Kier molecular flexibility index (Phi) is 14.9. The quantitative estimate of drug-likeness (QED) is 0.118. The number of carbonyl (C=O) groups excluding carboxylic acids is 4. The highest BCUT2D eigenvalue weighted by Crippen LogP contribution is 2.21. The molecule has 0 radical (unpaired) electrons. The Morgan fingerprint density at radius 1 is 1.07 bits per heavy atom. The molecule has 2 rings (SSSR count). The summed E-state index contributed by atoms with van der Waals surface area (Å²) in [6, 6.07) is 5.90. The van der Waals surface area contributed by atoms with Crippen LogP contribution in [0.3, 0.4) is 0 Å². The van der Waals surface area contributed by atoms with E-state index in [4.69, 9.17) is 15.2 Å². The molecule has 0 unspecified atom stereocenters. The van der Waals surface area contributed by atoms with Gasteiger partial charge in [0.15, 0.2) is 0 Å². The molecule has 4 N–H and O–H groups in total. The van der Waals surface area contributed by atoms with E-state index in [2.05, 4.69) is 22.5 Å². The molecule has 0 saturated carbocycles. The van der Waals surface area contributed by atoms with Crippen molar-refractivity contribution in [2.45, 2.75) is 91.3 Å². The van der Waals surface area contributed by atoms with E-state index < -0.39 is 24.1 Å². The Hall–Kier alpha value is -3.47. The SMILES string of the molecule is CCCCCCOC(=O)N=C(N)c1ccc(CNC(=O)[C@@H]2CCCN2C(=O)[C@@H](CC(C)C)NCC(=O)OCC)cc1. The van der Waals surface area contributed by atoms with Crippen LogP contribution in [0.15, 0.2) is 29.3 Å². The summed E-state index contributed by atoms with van der Waals surface area (Å²) in [5.74, 6) is -0.541. The van der Waals surface area contributed by atoms with E-state index in [1.165, 1.54) is 0 Å². The minimum atomic E-state index is -0.710. The maximum absolute atomic E-state index is 13.4. The van der Waals surface area contributed by atoms with Gasteiger partial charge < -0.3 is 25.4 Å². The van der Waals surface area contributed by atoms with Gasteiger partial charge in [0.1, 0.15) is 11.9 Å². The van der Waals surface area contributed by atoms with Gasteiger partial charge in [0, 0.05) is 18.7 Å². The average molecular weight is 574 g/mol. The number of ether oxygens (including phenoxy) is 2. The van der Waals surface area contributed by atoms with Gasteiger partial charge in [-0.05, 0) is 44.1 Å². The number of nitrogens with two attached hydrogens (primary N) is 1. The number of benzene rings is 1. The fourth-order valence-corrected chi connectivity index (χ4v) is 4.65. The Labute approximate surface area is 243 Å². The normalized spacial score (nSPS) is 16.0. The third-order valence-corrected chi connectivity index (χ3v) is 6.79. The fraction of sp³-hybridized carbons (Fsp3) is 0.633. The second kappa shape index (κ2) is 18.1. The number of unbranched alkanes of at least 4 members (excludes halogenated alkanes) is 3. The average Bonchev–Trinajstić information content (AvgIpc) is 3.44. The number of aliphatic imine (C=N–C) groups is 1. The van der Waals surface area contributed by atoms with Crippen LogP contribution in [0.4, 0.5) is 4.79 Å². The van der Waals surface area contributed by atoms with Gasteiger partial charge in [-0.1, -0.05) is 64.3 Å². The maximum Gasteiger partial charge on any atom is 0.435 e. The van der Waals surface area contributed by atoms with Crippen LogP contribution in [0.2, 0.25) is 0 Å². The van der Waals surface area contributed by atoms with Crippen LogP contribution in [0.1, 0.15) is 83.8 Å². The zero-order valence-electron chi connectivity index (χ0n) is 24.9. The van der Waals surface area contributed by atoms with Crippen molar-refractivity contribution >= 4 is 29.7 Å². The molecule has 11 nitrogen and oxygen atoms in total. The predicted molar refractivity (Wildman–Crippen MR) is 157 cm³/mol. The third-order valence-electron chi connectivity index (χ3n) is 6.79. The molecule has 41 heavy (non-hydrogen) atoms. The first-order chi connectivity index (χ1) is 19.7. The van der Waals surface area contributed by atoms with Crippen molar-refractivity contribution in [2.24, 2.45) is 16.6 Å². The van der Waals surface area contributed by atoms with Crippen molar-refractivity contribution in [3.63, 3.8) is 0 Å². The number of likely N-dealkylation sites (tertiary alicyclic amines) is 1. The van der Waals surface area contributed by atoms with Gasteiger partial charge in [-0.2, -0.15) is 4.99 Å². The second-order valence-corrected chi connectivity index (χ2v) is 10.6. The van der Waals surface area contributed by atoms with E-state index in [-0.39, 0.29) is 43.3 Å². The van der Waals surface area contributed by atoms with Crippen LogP contribution in [0, 0.1) is 5.92 Å². The number of amidine groups is 1. The highest BCUT2D eigenvalue weighted by molar-refractivity contribution is 6.02. The van der Waals surface area contributed by atoms with E-state index in [1.54, 1.807) is 36.1 Å². The fourth-order valence-electron chi connectivity index (χ4n) is 4.65. The molecule has 1 aromatic carbocycles. The van der Waals surface area contributed by atoms with Crippen LogP contribution >= 0.6 is 0 Å². The molecule has 3 amide bonds. The molecule has 0 spiro atoms. The number of hydrogen-bond donors (Lipinski definition) is 3. The van der Waals surface area contributed by atoms with Gasteiger partial charge in [0.05, 0.1) is 25.8 Å². The van der Waals surface area contributed by atoms with E-state index in [9.17, 15) is 19.2 Å². The predicted octanol–water partition coefficient (Wildman–Crippen LogP) is 3.28. The Morgan fingerprint density at radius 2 is 1.80 bits per heavy atom. The van der Waals surface area contributed by atoms with Crippen molar-refractivity contribution in [1.29, 1.82) is 0 Å². The molecule has 1 aromatic rings. The van der Waals surface area contributed by atoms with Crippen LogP contribution in [-0.2, 0) is 30.4 Å². The van der Waals surface area contributed by atoms with Gasteiger partial charge in [-0.15, -0.1) is 0 Å². The summed E-state index contributed by atoms with van der Waals surface area (Å²) in [5.41, 5.74) is 7.37. The summed E-state index contributed by atoms with van der Waals surface area (Å²) in [6.07, 6.45) is 5.14. The molecular formula is C30H47N5O6. The van der Waals surface area contributed by atoms with E-state index >= 15 is 0 Å². The molecule has 1 fully saturated rings. The Morgan fingerprint density at radius 3 is 2.46 bits per heavy atom. The van der Waals surface area contributed by atoms with Crippen LogP contribution < -0.4 is 16.4 Å². The molecule has 2 atom stereocenters. The van der Waals surface area contributed by atoms with Crippen LogP contribution in [0.25, 0.3) is 0 Å². The summed E-state index contributed by atoms with van der Waals surface area (Å²) >= 11 is 0. The maximum atomic E-state index is 13.4. The molecule has 0 aliphatic carbocycles. The topological polar surface area (TPSA) is 152 Å². The highest BCUT2D eigenvalue weighted by atomic mass is 16.5. The van der Waals surface area contributed by atoms with Gasteiger partial charge in [-0.25, -0.2) is 4.79 Å². The molecule has 0 aromatic heterocycles. The zero-order chi connectivity index (χ0) is 30.2. The largest absolute Gasteiger partial charge is 0.465 e. The molecule has 1 saturated heterocycles. The summed E-state index contributed by atoms with van der Waals surface area (Å²) in [6.45, 7) is 9.15. The van der Waals surface area contributed by atoms with Crippen molar-refractivity contribution < 1.29 is 28.7 Å². The molecule has 228 valence electrons. The third kappa shape index (κ3) is 11.9. The summed E-state index contributed by atoms with van der Waals surface area (Å²) in [5, 5.41) is 5.95. The van der Waals surface area contributed by atoms with Gasteiger partial charge in [0.25, 0.3) is 0 Å². The van der Waals surface area contributed by atoms with Crippen molar-refractivity contribution in [2.75, 3.05) is 26.3 Å². The number of nitrogens with zero attached hydrogens (tertiary/aromatic N) is 2. The number of carbonyl (C=O) groups is 4. The monoisotopic (exact) mass is 573 g/mol. The minimum absolute atomic E-state index is 0.0618. The molecular weight excluding hydrogens is 526 g/mol. The first-order valence-corrected chi connectivity index (χ1v) is 14.7. The van der Waals surface area contributed by atoms with Crippen molar-refractivity contribution in [3.8, 4) is 0 Å². The van der Waals surface area contributed by atoms with Gasteiger partial charge in [0.2, 0.25) is 11.8 Å². The Balaban J connectivity index is 1.91. The first-order valence-electron chi connectivity index (χ1n) is 14.7. The number of rotatable bonds is 16. The summed E-state index contributed by atoms with van der Waals surface area (Å²) < 4.78 is 10.1. The number of amides is 3. The summed E-state index contributed by atoms with van der Waals surface area (Å²) in [4.78, 5) is 55.6. The lowest BCUT2D eigenvalue weighted by molar-refractivity contribution is -0.143. The number of hydrogen-bond acceptors (Lipinski definition) is 7. The molecule has 1 aliphatic heterocycles. The number of esters is 1. The highest BCUT2D eigenvalue weighted by Gasteiger charge is 2.37. The Bertz CT molecular complexity index is 1030. The molecule has 1 heterocycles. The van der Waals surface area contributed by atoms with E-state index in [1.807, 2.05) is 13.8 Å². The van der Waals surface area contributed by atoms with E-state index in [0.29, 0.717) is 31.6 Å². The standard InChI is InChI=1S/C30H47N5O6/c1-5-7-8-9-17-41-30(39)34-27(31)23-14-12-22(13-15-23)19-33-28(37)25-11-10-16-35(25)29(38)24(18-21(3)4)32-20-26(36)40-6-2/h12-15,21,24-25,32H,5-11,16-20H2,1-4H3,(H,33,37)(H2,31,34,39)/t24-,25+/m1/s1. The zero-order valence-corrected chi connectivity index (χ0v) is 24.9. The van der Waals surface area contributed by atoms with E-state index in [0.717, 1.165) is 37.7 Å². The molecule has 1 aliphatic rings. The second-order valence-electron chi connectivity index (χ2n) is 10.6. The molecule has 0 bridgehead atoms.